The van der Waals surface area contributed by atoms with Gasteiger partial charge in [0.1, 0.15) is 17.1 Å². The van der Waals surface area contributed by atoms with Crippen molar-refractivity contribution in [3.8, 4) is 0 Å². The second-order valence-corrected chi connectivity index (χ2v) is 5.58. The zero-order valence-electron chi connectivity index (χ0n) is 13.8. The van der Waals surface area contributed by atoms with Gasteiger partial charge < -0.3 is 5.32 Å². The normalized spacial score (nSPS) is 12.7. The maximum atomic E-state index is 12.4. The first-order valence-electron chi connectivity index (χ1n) is 7.68. The summed E-state index contributed by atoms with van der Waals surface area (Å²) in [5.41, 5.74) is 3.60. The van der Waals surface area contributed by atoms with Crippen LogP contribution < -0.4 is 5.32 Å². The van der Waals surface area contributed by atoms with Gasteiger partial charge in [-0.3, -0.25) is 18.8 Å². The van der Waals surface area contributed by atoms with Gasteiger partial charge >= 0.3 is 0 Å². The van der Waals surface area contributed by atoms with Crippen molar-refractivity contribution >= 4 is 16.9 Å². The molecule has 122 valence electrons. The molecule has 1 atom stereocenters. The maximum absolute atomic E-state index is 12.4. The molecule has 1 amide bonds. The van der Waals surface area contributed by atoms with Gasteiger partial charge in [0.25, 0.3) is 0 Å². The third-order valence-electron chi connectivity index (χ3n) is 4.03. The minimum Gasteiger partial charge on any atom is -0.349 e. The molecule has 3 aromatic rings. The monoisotopic (exact) mass is 315 g/mol. The molecule has 0 aromatic carbocycles. The smallest absolute Gasteiger partial charge is 0.244 e. The average Bonchev–Trinajstić information content (AvgIpc) is 3.22. The summed E-state index contributed by atoms with van der Waals surface area (Å²) in [6.07, 6.45) is 3.60. The topological polar surface area (TPSA) is 82.6 Å². The molecule has 3 aromatic heterocycles. The molecule has 8 nitrogen and oxygen atoms in total. The molecule has 0 unspecified atom stereocenters. The Hall–Kier alpha value is -2.64. The molecule has 1 N–H and O–H groups in total. The number of aryl methyl sites for hydroxylation is 3. The lowest BCUT2D eigenvalue weighted by atomic mass is 10.3. The Morgan fingerprint density at radius 3 is 2.87 bits per heavy atom. The molecule has 0 aliphatic rings. The van der Waals surface area contributed by atoms with Crippen LogP contribution in [0.4, 0.5) is 0 Å². The van der Waals surface area contributed by atoms with Crippen LogP contribution in [0.3, 0.4) is 0 Å². The molecule has 23 heavy (non-hydrogen) atoms. The first-order chi connectivity index (χ1) is 11.0. The molecule has 3 rings (SSSR count). The van der Waals surface area contributed by atoms with Gasteiger partial charge in [-0.15, -0.1) is 0 Å². The predicted octanol–water partition coefficient (Wildman–Crippen LogP) is 1.17. The van der Waals surface area contributed by atoms with E-state index in [1.807, 2.05) is 44.8 Å². The van der Waals surface area contributed by atoms with Crippen LogP contribution >= 0.6 is 0 Å². The summed E-state index contributed by atoms with van der Waals surface area (Å²) in [6.45, 7) is 7.01. The lowest BCUT2D eigenvalue weighted by Crippen LogP contribution is -2.31. The predicted molar refractivity (Wildman–Crippen MR) is 85.7 cm³/mol. The van der Waals surface area contributed by atoms with Crippen molar-refractivity contribution < 1.29 is 4.79 Å². The number of rotatable bonds is 5. The molecule has 0 radical (unpaired) electrons. The van der Waals surface area contributed by atoms with Crippen molar-refractivity contribution in [3.63, 3.8) is 0 Å². The van der Waals surface area contributed by atoms with Gasteiger partial charge in [-0.05, 0) is 26.8 Å². The van der Waals surface area contributed by atoms with Crippen molar-refractivity contribution in [2.24, 2.45) is 7.05 Å². The van der Waals surface area contributed by atoms with Gasteiger partial charge in [0.05, 0.1) is 24.1 Å². The van der Waals surface area contributed by atoms with Crippen molar-refractivity contribution in [2.75, 3.05) is 0 Å². The van der Waals surface area contributed by atoms with Gasteiger partial charge in [-0.2, -0.15) is 15.3 Å². The first-order valence-corrected chi connectivity index (χ1v) is 7.68. The van der Waals surface area contributed by atoms with E-state index in [9.17, 15) is 4.79 Å². The van der Waals surface area contributed by atoms with Crippen LogP contribution in [0.5, 0.6) is 0 Å². The lowest BCUT2D eigenvalue weighted by Gasteiger charge is -2.13. The second kappa shape index (κ2) is 5.86. The molecule has 0 saturated heterocycles. The molecular formula is C15H21N7O. The number of carbonyl (C=O) groups excluding carboxylic acids is 1. The Balaban J connectivity index is 1.72. The zero-order chi connectivity index (χ0) is 16.6. The molecule has 8 heteroatoms. The van der Waals surface area contributed by atoms with Crippen molar-refractivity contribution in [3.05, 3.63) is 29.8 Å². The van der Waals surface area contributed by atoms with Gasteiger partial charge in [-0.1, -0.05) is 0 Å². The summed E-state index contributed by atoms with van der Waals surface area (Å²) in [5, 5.41) is 15.9. The number of nitrogens with one attached hydrogen (secondary N) is 1. The van der Waals surface area contributed by atoms with Crippen LogP contribution in [0, 0.1) is 6.92 Å². The number of hydrogen-bond acceptors (Lipinski definition) is 4. The Kier molecular flexibility index (Phi) is 3.89. The van der Waals surface area contributed by atoms with Crippen LogP contribution in [0.2, 0.25) is 0 Å². The van der Waals surface area contributed by atoms with E-state index in [1.54, 1.807) is 15.6 Å². The Morgan fingerprint density at radius 2 is 2.17 bits per heavy atom. The van der Waals surface area contributed by atoms with Gasteiger partial charge in [-0.25, -0.2) is 0 Å². The fourth-order valence-electron chi connectivity index (χ4n) is 2.64. The van der Waals surface area contributed by atoms with E-state index in [1.165, 1.54) is 0 Å². The highest BCUT2D eigenvalue weighted by Crippen LogP contribution is 2.17. The van der Waals surface area contributed by atoms with Crippen LogP contribution in [0.25, 0.3) is 11.0 Å². The number of aromatic nitrogens is 6. The maximum Gasteiger partial charge on any atom is 0.244 e. The van der Waals surface area contributed by atoms with E-state index >= 15 is 0 Å². The summed E-state index contributed by atoms with van der Waals surface area (Å²) >= 11 is 0. The molecule has 3 heterocycles. The summed E-state index contributed by atoms with van der Waals surface area (Å²) in [7, 11) is 1.87. The molecule has 0 bridgehead atoms. The fraction of sp³-hybridized carbons (Fsp3) is 0.467. The van der Waals surface area contributed by atoms with Crippen molar-refractivity contribution in [2.45, 2.75) is 39.9 Å². The van der Waals surface area contributed by atoms with Gasteiger partial charge in [0.2, 0.25) is 5.91 Å². The first kappa shape index (κ1) is 15.3. The van der Waals surface area contributed by atoms with E-state index in [4.69, 9.17) is 0 Å². The lowest BCUT2D eigenvalue weighted by molar-refractivity contribution is -0.124. The average molecular weight is 315 g/mol. The fourth-order valence-corrected chi connectivity index (χ4v) is 2.64. The molecule has 0 saturated carbocycles. The summed E-state index contributed by atoms with van der Waals surface area (Å²) in [4.78, 5) is 12.4. The van der Waals surface area contributed by atoms with E-state index in [0.29, 0.717) is 6.54 Å². The molecule has 0 aliphatic carbocycles. The van der Waals surface area contributed by atoms with Crippen LogP contribution in [0.15, 0.2) is 18.5 Å². The Morgan fingerprint density at radius 1 is 1.39 bits per heavy atom. The highest BCUT2D eigenvalue weighted by atomic mass is 16.2. The van der Waals surface area contributed by atoms with Gasteiger partial charge in [0.15, 0.2) is 0 Å². The summed E-state index contributed by atoms with van der Waals surface area (Å²) in [6, 6.07) is 1.52. The Labute approximate surface area is 134 Å². The highest BCUT2D eigenvalue weighted by molar-refractivity contribution is 5.81. The summed E-state index contributed by atoms with van der Waals surface area (Å²) in [5.74, 6) is -0.0766. The van der Waals surface area contributed by atoms with E-state index in [2.05, 4.69) is 20.6 Å². The molecule has 0 aliphatic heterocycles. The Bertz CT molecular complexity index is 807. The standard InChI is InChI=1S/C15H21N7O/c1-5-21-12(6-7-17-21)8-16-15(23)11(3)22-9-13-14(19-22)10(2)18-20(13)4/h6-7,9,11H,5,8H2,1-4H3,(H,16,23)/t11-/m1/s1. The third-order valence-corrected chi connectivity index (χ3v) is 4.03. The van der Waals surface area contributed by atoms with Crippen LogP contribution in [0.1, 0.15) is 31.3 Å². The third kappa shape index (κ3) is 2.71. The number of hydrogen-bond donors (Lipinski definition) is 1. The SMILES string of the molecule is CCn1nccc1CNC(=O)[C@@H](C)n1cc2c(n1)c(C)nn2C. The molecular weight excluding hydrogens is 294 g/mol. The molecule has 0 fully saturated rings. The van der Waals surface area contributed by atoms with Crippen molar-refractivity contribution in [1.82, 2.24) is 34.7 Å². The number of amides is 1. The van der Waals surface area contributed by atoms with E-state index in [0.717, 1.165) is 29.0 Å². The van der Waals surface area contributed by atoms with Crippen molar-refractivity contribution in [1.29, 1.82) is 0 Å². The second-order valence-electron chi connectivity index (χ2n) is 5.58. The van der Waals surface area contributed by atoms with E-state index < -0.39 is 0 Å². The minimum absolute atomic E-state index is 0.0766. The number of fused-ring (bicyclic) bond motifs is 1. The van der Waals surface area contributed by atoms with Crippen LogP contribution in [-0.2, 0) is 24.9 Å². The number of carbonyl (C=O) groups is 1. The van der Waals surface area contributed by atoms with Crippen LogP contribution in [-0.4, -0.2) is 35.2 Å². The summed E-state index contributed by atoms with van der Waals surface area (Å²) < 4.78 is 5.33. The number of nitrogens with zero attached hydrogens (tertiary/aromatic N) is 6. The largest absolute Gasteiger partial charge is 0.349 e. The minimum atomic E-state index is -0.389. The van der Waals surface area contributed by atoms with E-state index in [-0.39, 0.29) is 11.9 Å². The highest BCUT2D eigenvalue weighted by Gasteiger charge is 2.19. The molecule has 0 spiro atoms. The quantitative estimate of drug-likeness (QED) is 0.766. The zero-order valence-corrected chi connectivity index (χ0v) is 13.8. The van der Waals surface area contributed by atoms with Gasteiger partial charge in [0, 0.05) is 19.8 Å².